The van der Waals surface area contributed by atoms with E-state index in [4.69, 9.17) is 0 Å². The smallest absolute Gasteiger partial charge is 0.308 e. The number of fused-ring (bicyclic) bond motifs is 1. The van der Waals surface area contributed by atoms with E-state index in [-0.39, 0.29) is 30.1 Å². The quantitative estimate of drug-likeness (QED) is 0.659. The van der Waals surface area contributed by atoms with Crippen LogP contribution in [-0.2, 0) is 4.79 Å². The first-order valence-corrected chi connectivity index (χ1v) is 9.94. The Kier molecular flexibility index (Phi) is 5.10. The molecular weight excluding hydrogens is 397 g/mol. The van der Waals surface area contributed by atoms with Crippen molar-refractivity contribution < 1.29 is 19.1 Å². The Morgan fingerprint density at radius 1 is 1.38 bits per heavy atom. The number of carbonyl (C=O) groups is 2. The minimum atomic E-state index is -0.899. The first-order valence-electron chi connectivity index (χ1n) is 9.06. The number of hydrogen-bond donors (Lipinski definition) is 2. The monoisotopic (exact) mass is 415 g/mol. The SMILES string of the molecule is C[C@H](Nc1nc(C(=O)N2CCC(C(=O)O)C2)c2sccc2n1)c1cncc(F)c1. The van der Waals surface area contributed by atoms with Crippen LogP contribution in [0.3, 0.4) is 0 Å². The van der Waals surface area contributed by atoms with Crippen LogP contribution in [0, 0.1) is 11.7 Å². The number of rotatable bonds is 5. The number of halogens is 1. The highest BCUT2D eigenvalue weighted by Gasteiger charge is 2.33. The molecule has 3 aromatic heterocycles. The van der Waals surface area contributed by atoms with Gasteiger partial charge in [0.05, 0.1) is 28.4 Å². The molecule has 1 saturated heterocycles. The lowest BCUT2D eigenvalue weighted by Gasteiger charge is -2.18. The summed E-state index contributed by atoms with van der Waals surface area (Å²) >= 11 is 1.36. The molecule has 2 N–H and O–H groups in total. The van der Waals surface area contributed by atoms with Gasteiger partial charge < -0.3 is 15.3 Å². The fraction of sp³-hybridized carbons (Fsp3) is 0.316. The lowest BCUT2D eigenvalue weighted by Crippen LogP contribution is -2.31. The fourth-order valence-corrected chi connectivity index (χ4v) is 4.12. The van der Waals surface area contributed by atoms with Crippen LogP contribution >= 0.6 is 11.3 Å². The average molecular weight is 415 g/mol. The van der Waals surface area contributed by atoms with Gasteiger partial charge in [0.15, 0.2) is 5.69 Å². The normalized spacial score (nSPS) is 17.4. The molecular formula is C19H18FN5O3S. The molecule has 10 heteroatoms. The number of aromatic nitrogens is 3. The predicted molar refractivity (Wildman–Crippen MR) is 105 cm³/mol. The van der Waals surface area contributed by atoms with Gasteiger partial charge in [-0.2, -0.15) is 0 Å². The minimum absolute atomic E-state index is 0.166. The van der Waals surface area contributed by atoms with Crippen molar-refractivity contribution in [1.82, 2.24) is 19.9 Å². The third-order valence-electron chi connectivity index (χ3n) is 4.90. The molecule has 4 rings (SSSR count). The van der Waals surface area contributed by atoms with Crippen molar-refractivity contribution in [2.75, 3.05) is 18.4 Å². The zero-order chi connectivity index (χ0) is 20.5. The van der Waals surface area contributed by atoms with Crippen LogP contribution in [0.2, 0.25) is 0 Å². The lowest BCUT2D eigenvalue weighted by molar-refractivity contribution is -0.141. The number of pyridine rings is 1. The molecule has 0 spiro atoms. The number of anilines is 1. The summed E-state index contributed by atoms with van der Waals surface area (Å²) in [4.78, 5) is 38.5. The molecule has 0 saturated carbocycles. The number of carboxylic acid groups (broad SMARTS) is 1. The zero-order valence-electron chi connectivity index (χ0n) is 15.5. The molecule has 1 aliphatic rings. The molecule has 1 amide bonds. The number of aliphatic carboxylic acids is 1. The Morgan fingerprint density at radius 3 is 2.93 bits per heavy atom. The number of thiophene rings is 1. The maximum absolute atomic E-state index is 13.5. The molecule has 3 aromatic rings. The number of nitrogens with zero attached hydrogens (tertiary/aromatic N) is 4. The van der Waals surface area contributed by atoms with Gasteiger partial charge in [-0.15, -0.1) is 11.3 Å². The summed E-state index contributed by atoms with van der Waals surface area (Å²) < 4.78 is 14.1. The topological polar surface area (TPSA) is 108 Å². The van der Waals surface area contributed by atoms with Crippen LogP contribution in [0.15, 0.2) is 29.9 Å². The highest BCUT2D eigenvalue weighted by molar-refractivity contribution is 7.17. The van der Waals surface area contributed by atoms with E-state index >= 15 is 0 Å². The molecule has 2 atom stereocenters. The van der Waals surface area contributed by atoms with Crippen LogP contribution in [0.5, 0.6) is 0 Å². The van der Waals surface area contributed by atoms with Gasteiger partial charge in [0.1, 0.15) is 5.82 Å². The second-order valence-corrected chi connectivity index (χ2v) is 7.82. The Hall–Kier alpha value is -3.14. The summed E-state index contributed by atoms with van der Waals surface area (Å²) in [5, 5.41) is 14.1. The molecule has 4 heterocycles. The number of amides is 1. The van der Waals surface area contributed by atoms with E-state index in [0.29, 0.717) is 28.7 Å². The van der Waals surface area contributed by atoms with E-state index in [1.165, 1.54) is 22.3 Å². The van der Waals surface area contributed by atoms with Crippen LogP contribution in [0.4, 0.5) is 10.3 Å². The zero-order valence-corrected chi connectivity index (χ0v) is 16.3. The van der Waals surface area contributed by atoms with Crippen LogP contribution in [0.1, 0.15) is 35.4 Å². The van der Waals surface area contributed by atoms with E-state index in [1.54, 1.807) is 12.3 Å². The van der Waals surface area contributed by atoms with Crippen LogP contribution in [0.25, 0.3) is 10.2 Å². The van der Waals surface area contributed by atoms with Crippen molar-refractivity contribution in [3.63, 3.8) is 0 Å². The standard InChI is InChI=1S/C19H18FN5O3S/c1-10(12-6-13(20)8-21-7-12)22-19-23-14-3-5-29-16(14)15(24-19)17(26)25-4-2-11(9-25)18(27)28/h3,5-8,10-11H,2,4,9H2,1H3,(H,27,28)(H,22,23,24)/t10-,11?/m0/s1. The Labute approximate surface area is 169 Å². The molecule has 29 heavy (non-hydrogen) atoms. The number of hydrogen-bond acceptors (Lipinski definition) is 7. The fourth-order valence-electron chi connectivity index (χ4n) is 3.31. The van der Waals surface area contributed by atoms with Crippen molar-refractivity contribution >= 4 is 39.4 Å². The number of carboxylic acids is 1. The summed E-state index contributed by atoms with van der Waals surface area (Å²) in [6.07, 6.45) is 3.10. The molecule has 150 valence electrons. The van der Waals surface area contributed by atoms with Gasteiger partial charge in [-0.1, -0.05) is 0 Å². The van der Waals surface area contributed by atoms with Gasteiger partial charge in [0, 0.05) is 19.3 Å². The number of carbonyl (C=O) groups excluding carboxylic acids is 1. The summed E-state index contributed by atoms with van der Waals surface area (Å²) in [6, 6.07) is 2.83. The molecule has 0 bridgehead atoms. The number of nitrogens with one attached hydrogen (secondary N) is 1. The largest absolute Gasteiger partial charge is 0.481 e. The van der Waals surface area contributed by atoms with E-state index in [9.17, 15) is 19.1 Å². The molecule has 0 aliphatic carbocycles. The van der Waals surface area contributed by atoms with Gasteiger partial charge in [0.25, 0.3) is 5.91 Å². The first kappa shape index (κ1) is 19.2. The summed E-state index contributed by atoms with van der Waals surface area (Å²) in [5.74, 6) is -1.97. The maximum Gasteiger partial charge on any atom is 0.308 e. The van der Waals surface area contributed by atoms with Crippen molar-refractivity contribution in [2.45, 2.75) is 19.4 Å². The summed E-state index contributed by atoms with van der Waals surface area (Å²) in [6.45, 7) is 2.36. The lowest BCUT2D eigenvalue weighted by atomic mass is 10.1. The van der Waals surface area contributed by atoms with Gasteiger partial charge >= 0.3 is 5.97 Å². The number of likely N-dealkylation sites (tertiary alicyclic amines) is 1. The van der Waals surface area contributed by atoms with E-state index < -0.39 is 17.7 Å². The van der Waals surface area contributed by atoms with E-state index in [0.717, 1.165) is 6.20 Å². The third-order valence-corrected chi connectivity index (χ3v) is 5.81. The molecule has 0 aromatic carbocycles. The van der Waals surface area contributed by atoms with Crippen molar-refractivity contribution in [2.24, 2.45) is 5.92 Å². The van der Waals surface area contributed by atoms with E-state index in [1.807, 2.05) is 12.3 Å². The minimum Gasteiger partial charge on any atom is -0.481 e. The summed E-state index contributed by atoms with van der Waals surface area (Å²) in [7, 11) is 0. The maximum atomic E-state index is 13.5. The van der Waals surface area contributed by atoms with Crippen molar-refractivity contribution in [1.29, 1.82) is 0 Å². The molecule has 8 nitrogen and oxygen atoms in total. The Balaban J connectivity index is 1.62. The van der Waals surface area contributed by atoms with Crippen LogP contribution < -0.4 is 5.32 Å². The Morgan fingerprint density at radius 2 is 2.21 bits per heavy atom. The van der Waals surface area contributed by atoms with Crippen molar-refractivity contribution in [3.8, 4) is 0 Å². The van der Waals surface area contributed by atoms with Crippen LogP contribution in [-0.4, -0.2) is 49.9 Å². The molecule has 1 fully saturated rings. The highest BCUT2D eigenvalue weighted by Crippen LogP contribution is 2.28. The van der Waals surface area contributed by atoms with E-state index in [2.05, 4.69) is 20.3 Å². The summed E-state index contributed by atoms with van der Waals surface area (Å²) in [5.41, 5.74) is 1.48. The molecule has 1 aliphatic heterocycles. The van der Waals surface area contributed by atoms with Gasteiger partial charge in [-0.3, -0.25) is 14.6 Å². The second-order valence-electron chi connectivity index (χ2n) is 6.91. The van der Waals surface area contributed by atoms with Gasteiger partial charge in [0.2, 0.25) is 5.95 Å². The Bertz CT molecular complexity index is 1090. The third kappa shape index (κ3) is 3.88. The molecule has 1 unspecified atom stereocenters. The highest BCUT2D eigenvalue weighted by atomic mass is 32.1. The van der Waals surface area contributed by atoms with Gasteiger partial charge in [-0.05, 0) is 36.4 Å². The molecule has 0 radical (unpaired) electrons. The second kappa shape index (κ2) is 7.70. The predicted octanol–water partition coefficient (Wildman–Crippen LogP) is 2.95. The average Bonchev–Trinajstić information content (AvgIpc) is 3.36. The first-order chi connectivity index (χ1) is 13.9. The van der Waals surface area contributed by atoms with Crippen molar-refractivity contribution in [3.05, 3.63) is 47.0 Å². The van der Waals surface area contributed by atoms with Gasteiger partial charge in [-0.25, -0.2) is 14.4 Å².